The molecule has 2 heteroatoms. The highest BCUT2D eigenvalue weighted by Gasteiger charge is 2.30. The van der Waals surface area contributed by atoms with Crippen LogP contribution in [0.5, 0.6) is 0 Å². The number of hydrogen-bond donors (Lipinski definition) is 1. The number of rotatable bonds is 5. The van der Waals surface area contributed by atoms with Crippen LogP contribution in [0.3, 0.4) is 0 Å². The Morgan fingerprint density at radius 3 is 1.82 bits per heavy atom. The Hall–Kier alpha value is -0.860. The van der Waals surface area contributed by atoms with Gasteiger partial charge < -0.3 is 5.11 Å². The van der Waals surface area contributed by atoms with E-state index in [4.69, 9.17) is 0 Å². The van der Waals surface area contributed by atoms with E-state index in [0.29, 0.717) is 12.1 Å². The molecule has 0 spiro atoms. The quantitative estimate of drug-likeness (QED) is 0.853. The molecule has 22 heavy (non-hydrogen) atoms. The second-order valence-corrected chi connectivity index (χ2v) is 7.21. The fourth-order valence-electron chi connectivity index (χ4n) is 4.40. The van der Waals surface area contributed by atoms with Gasteiger partial charge in [-0.1, -0.05) is 68.9 Å². The van der Waals surface area contributed by atoms with Crippen molar-refractivity contribution in [2.75, 3.05) is 6.54 Å². The van der Waals surface area contributed by atoms with Crippen molar-refractivity contribution < 1.29 is 5.11 Å². The van der Waals surface area contributed by atoms with Gasteiger partial charge in [0, 0.05) is 18.6 Å². The van der Waals surface area contributed by atoms with E-state index < -0.39 is 0 Å². The van der Waals surface area contributed by atoms with Gasteiger partial charge in [-0.15, -0.1) is 0 Å². The van der Waals surface area contributed by atoms with Crippen molar-refractivity contribution in [2.24, 2.45) is 0 Å². The van der Waals surface area contributed by atoms with Crippen LogP contribution in [0.2, 0.25) is 0 Å². The third-order valence-corrected chi connectivity index (χ3v) is 5.66. The molecule has 0 unspecified atom stereocenters. The Morgan fingerprint density at radius 1 is 0.818 bits per heavy atom. The number of hydrogen-bond acceptors (Lipinski definition) is 2. The smallest absolute Gasteiger partial charge is 0.0917 e. The molecule has 3 rings (SSSR count). The molecule has 0 heterocycles. The lowest BCUT2D eigenvalue weighted by Crippen LogP contribution is -2.47. The summed E-state index contributed by atoms with van der Waals surface area (Å²) in [6.45, 7) is 0.819. The van der Waals surface area contributed by atoms with E-state index >= 15 is 0 Å². The lowest BCUT2D eigenvalue weighted by molar-refractivity contribution is 0.0287. The van der Waals surface area contributed by atoms with Crippen LogP contribution in [0.25, 0.3) is 0 Å². The first-order chi connectivity index (χ1) is 10.8. The molecule has 2 aliphatic carbocycles. The summed E-state index contributed by atoms with van der Waals surface area (Å²) in [5, 5.41) is 10.7. The number of aliphatic hydroxyl groups excluding tert-OH is 1. The SMILES string of the molecule is O[C@@H](CN(C1CCCCC1)C1CCCCC1)c1ccccc1. The van der Waals surface area contributed by atoms with Crippen LogP contribution in [0, 0.1) is 0 Å². The first-order valence-electron chi connectivity index (χ1n) is 9.33. The minimum atomic E-state index is -0.343. The van der Waals surface area contributed by atoms with Gasteiger partial charge in [0.1, 0.15) is 0 Å². The maximum atomic E-state index is 10.7. The molecule has 0 aromatic heterocycles. The molecule has 2 aliphatic rings. The van der Waals surface area contributed by atoms with Gasteiger partial charge in [0.15, 0.2) is 0 Å². The summed E-state index contributed by atoms with van der Waals surface area (Å²) < 4.78 is 0. The lowest BCUT2D eigenvalue weighted by atomic mass is 9.88. The third kappa shape index (κ3) is 4.11. The van der Waals surface area contributed by atoms with E-state index in [1.54, 1.807) is 0 Å². The summed E-state index contributed by atoms with van der Waals surface area (Å²) in [5.41, 5.74) is 1.07. The van der Waals surface area contributed by atoms with Crippen LogP contribution in [-0.4, -0.2) is 28.6 Å². The summed E-state index contributed by atoms with van der Waals surface area (Å²) in [4.78, 5) is 2.69. The van der Waals surface area contributed by atoms with E-state index in [0.717, 1.165) is 12.1 Å². The first-order valence-corrected chi connectivity index (χ1v) is 9.33. The maximum absolute atomic E-state index is 10.7. The van der Waals surface area contributed by atoms with E-state index in [9.17, 15) is 5.11 Å². The second-order valence-electron chi connectivity index (χ2n) is 7.21. The van der Waals surface area contributed by atoms with Gasteiger partial charge in [-0.05, 0) is 31.2 Å². The zero-order chi connectivity index (χ0) is 15.2. The molecule has 0 bridgehead atoms. The minimum Gasteiger partial charge on any atom is -0.387 e. The first kappa shape index (κ1) is 16.0. The van der Waals surface area contributed by atoms with Crippen molar-refractivity contribution in [1.82, 2.24) is 4.90 Å². The molecular weight excluding hydrogens is 270 g/mol. The van der Waals surface area contributed by atoms with Gasteiger partial charge in [0.2, 0.25) is 0 Å². The van der Waals surface area contributed by atoms with Crippen LogP contribution in [0.1, 0.15) is 75.9 Å². The second kappa shape index (κ2) is 8.12. The van der Waals surface area contributed by atoms with E-state index in [2.05, 4.69) is 17.0 Å². The summed E-state index contributed by atoms with van der Waals surface area (Å²) in [5.74, 6) is 0. The molecule has 1 atom stereocenters. The molecule has 2 fully saturated rings. The van der Waals surface area contributed by atoms with Crippen LogP contribution < -0.4 is 0 Å². The molecule has 1 aromatic carbocycles. The summed E-state index contributed by atoms with van der Waals surface area (Å²) >= 11 is 0. The third-order valence-electron chi connectivity index (χ3n) is 5.66. The highest BCUT2D eigenvalue weighted by Crippen LogP contribution is 2.31. The number of benzene rings is 1. The molecule has 1 aromatic rings. The molecule has 0 saturated heterocycles. The monoisotopic (exact) mass is 301 g/mol. The molecule has 0 aliphatic heterocycles. The predicted octanol–water partition coefficient (Wildman–Crippen LogP) is 4.69. The highest BCUT2D eigenvalue weighted by molar-refractivity contribution is 5.17. The van der Waals surface area contributed by atoms with Crippen LogP contribution in [0.15, 0.2) is 30.3 Å². The Kier molecular flexibility index (Phi) is 5.91. The molecule has 0 radical (unpaired) electrons. The Balaban J connectivity index is 1.69. The largest absolute Gasteiger partial charge is 0.387 e. The van der Waals surface area contributed by atoms with E-state index in [1.165, 1.54) is 64.2 Å². The average molecular weight is 301 g/mol. The van der Waals surface area contributed by atoms with E-state index in [-0.39, 0.29) is 6.10 Å². The van der Waals surface area contributed by atoms with Gasteiger partial charge in [0.05, 0.1) is 6.10 Å². The Bertz CT molecular complexity index is 403. The van der Waals surface area contributed by atoms with Crippen molar-refractivity contribution in [3.8, 4) is 0 Å². The zero-order valence-electron chi connectivity index (χ0n) is 13.8. The molecule has 2 nitrogen and oxygen atoms in total. The number of nitrogens with zero attached hydrogens (tertiary/aromatic N) is 1. The van der Waals surface area contributed by atoms with Crippen LogP contribution in [0.4, 0.5) is 0 Å². The summed E-state index contributed by atoms with van der Waals surface area (Å²) in [6.07, 6.45) is 13.3. The van der Waals surface area contributed by atoms with Crippen LogP contribution in [-0.2, 0) is 0 Å². The highest BCUT2D eigenvalue weighted by atomic mass is 16.3. The molecular formula is C20H31NO. The fourth-order valence-corrected chi connectivity index (χ4v) is 4.40. The maximum Gasteiger partial charge on any atom is 0.0917 e. The van der Waals surface area contributed by atoms with Gasteiger partial charge >= 0.3 is 0 Å². The predicted molar refractivity (Wildman–Crippen MR) is 91.9 cm³/mol. The molecule has 1 N–H and O–H groups in total. The lowest BCUT2D eigenvalue weighted by Gasteiger charge is -2.42. The number of aliphatic hydroxyl groups is 1. The Labute approximate surface area is 135 Å². The van der Waals surface area contributed by atoms with Gasteiger partial charge in [-0.25, -0.2) is 0 Å². The summed E-state index contributed by atoms with van der Waals surface area (Å²) in [6, 6.07) is 11.6. The fraction of sp³-hybridized carbons (Fsp3) is 0.700. The normalized spacial score (nSPS) is 22.8. The minimum absolute atomic E-state index is 0.343. The van der Waals surface area contributed by atoms with Crippen molar-refractivity contribution in [2.45, 2.75) is 82.4 Å². The van der Waals surface area contributed by atoms with Crippen molar-refractivity contribution in [1.29, 1.82) is 0 Å². The molecule has 122 valence electrons. The van der Waals surface area contributed by atoms with Gasteiger partial charge in [-0.3, -0.25) is 4.90 Å². The van der Waals surface area contributed by atoms with E-state index in [1.807, 2.05) is 18.2 Å². The van der Waals surface area contributed by atoms with Gasteiger partial charge in [-0.2, -0.15) is 0 Å². The Morgan fingerprint density at radius 2 is 1.32 bits per heavy atom. The molecule has 2 saturated carbocycles. The standard InChI is InChI=1S/C20H31NO/c22-20(17-10-4-1-5-11-17)16-21(18-12-6-2-7-13-18)19-14-8-3-9-15-19/h1,4-5,10-11,18-20,22H,2-3,6-9,12-16H2/t20-/m0/s1. The average Bonchev–Trinajstić information content (AvgIpc) is 2.62. The van der Waals surface area contributed by atoms with Crippen molar-refractivity contribution in [3.05, 3.63) is 35.9 Å². The topological polar surface area (TPSA) is 23.5 Å². The summed E-state index contributed by atoms with van der Waals surface area (Å²) in [7, 11) is 0. The van der Waals surface area contributed by atoms with Gasteiger partial charge in [0.25, 0.3) is 0 Å². The zero-order valence-corrected chi connectivity index (χ0v) is 13.8. The molecule has 0 amide bonds. The van der Waals surface area contributed by atoms with Crippen LogP contribution >= 0.6 is 0 Å². The van der Waals surface area contributed by atoms with Crippen molar-refractivity contribution >= 4 is 0 Å². The van der Waals surface area contributed by atoms with Crippen molar-refractivity contribution in [3.63, 3.8) is 0 Å².